The number of benzene rings is 1. The summed E-state index contributed by atoms with van der Waals surface area (Å²) < 4.78 is 11.0. The molecule has 0 unspecified atom stereocenters. The normalized spacial score (nSPS) is 17.6. The summed E-state index contributed by atoms with van der Waals surface area (Å²) in [6, 6.07) is 7.67. The van der Waals surface area contributed by atoms with Crippen LogP contribution < -0.4 is 25.8 Å². The summed E-state index contributed by atoms with van der Waals surface area (Å²) in [5, 5.41) is 3.06. The highest BCUT2D eigenvalue weighted by Crippen LogP contribution is 2.36. The van der Waals surface area contributed by atoms with Crippen molar-refractivity contribution in [3.8, 4) is 11.3 Å². The van der Waals surface area contributed by atoms with Crippen molar-refractivity contribution in [1.29, 1.82) is 0 Å². The Morgan fingerprint density at radius 1 is 0.919 bits per heavy atom. The van der Waals surface area contributed by atoms with Crippen LogP contribution in [0.15, 0.2) is 36.7 Å². The second-order valence-electron chi connectivity index (χ2n) is 9.09. The van der Waals surface area contributed by atoms with Gasteiger partial charge in [-0.1, -0.05) is 6.07 Å². The summed E-state index contributed by atoms with van der Waals surface area (Å²) >= 11 is 0. The van der Waals surface area contributed by atoms with Gasteiger partial charge >= 0.3 is 6.03 Å². The van der Waals surface area contributed by atoms with Crippen LogP contribution in [-0.2, 0) is 15.9 Å². The van der Waals surface area contributed by atoms with Crippen LogP contribution in [-0.4, -0.2) is 85.1 Å². The minimum Gasteiger partial charge on any atom is -0.378 e. The van der Waals surface area contributed by atoms with Gasteiger partial charge in [0, 0.05) is 67.6 Å². The van der Waals surface area contributed by atoms with Crippen LogP contribution in [0.4, 0.5) is 33.9 Å². The number of fused-ring (bicyclic) bond motifs is 1. The number of nitrogen functional groups attached to an aromatic ring is 1. The van der Waals surface area contributed by atoms with E-state index >= 15 is 0 Å². The van der Waals surface area contributed by atoms with Crippen LogP contribution in [0.1, 0.15) is 5.56 Å². The van der Waals surface area contributed by atoms with E-state index in [2.05, 4.69) is 31.2 Å². The highest BCUT2D eigenvalue weighted by molar-refractivity contribution is 6.03. The largest absolute Gasteiger partial charge is 0.378 e. The average Bonchev–Trinajstić information content (AvgIpc) is 3.38. The number of hydrogen-bond acceptors (Lipinski definition) is 10. The second kappa shape index (κ2) is 10.1. The summed E-state index contributed by atoms with van der Waals surface area (Å²) in [7, 11) is 0. The maximum atomic E-state index is 13.5. The van der Waals surface area contributed by atoms with Gasteiger partial charge in [0.2, 0.25) is 11.9 Å². The Bertz CT molecular complexity index is 1270. The first kappa shape index (κ1) is 23.4. The number of carbonyl (C=O) groups excluding carboxylic acids is 1. The Labute approximate surface area is 214 Å². The molecule has 2 amide bonds. The Morgan fingerprint density at radius 2 is 1.62 bits per heavy atom. The van der Waals surface area contributed by atoms with E-state index in [9.17, 15) is 4.79 Å². The standard InChI is InChI=1S/C25H29N9O3/c26-23-27-15-17(16-28-23)21-20-4-5-34(22(20)31-24(30-21)33-8-12-37-13-9-33)25(35)29-18-2-1-3-19(14-18)32-6-10-36-11-7-32/h1-3,14-16H,4-13H2,(H,29,35)(H2,26,27,28). The molecule has 2 aromatic heterocycles. The van der Waals surface area contributed by atoms with Gasteiger partial charge in [-0.3, -0.25) is 4.90 Å². The molecule has 0 atom stereocenters. The van der Waals surface area contributed by atoms with Gasteiger partial charge < -0.3 is 30.3 Å². The molecule has 12 nitrogen and oxygen atoms in total. The molecule has 1 aromatic carbocycles. The second-order valence-corrected chi connectivity index (χ2v) is 9.09. The van der Waals surface area contributed by atoms with Gasteiger partial charge in [0.15, 0.2) is 0 Å². The molecular weight excluding hydrogens is 474 g/mol. The third kappa shape index (κ3) is 4.85. The summed E-state index contributed by atoms with van der Waals surface area (Å²) in [5.74, 6) is 1.36. The highest BCUT2D eigenvalue weighted by Gasteiger charge is 2.32. The molecular formula is C25H29N9O3. The molecule has 192 valence electrons. The molecule has 37 heavy (non-hydrogen) atoms. The quantitative estimate of drug-likeness (QED) is 0.542. The number of urea groups is 1. The summed E-state index contributed by atoms with van der Waals surface area (Å²) in [6.07, 6.45) is 3.95. The first-order valence-corrected chi connectivity index (χ1v) is 12.5. The van der Waals surface area contributed by atoms with Crippen molar-refractivity contribution in [2.24, 2.45) is 0 Å². The number of ether oxygens (including phenoxy) is 2. The fourth-order valence-electron chi connectivity index (χ4n) is 4.84. The van der Waals surface area contributed by atoms with Gasteiger partial charge in [-0.2, -0.15) is 4.98 Å². The lowest BCUT2D eigenvalue weighted by Gasteiger charge is -2.29. The number of hydrogen-bond donors (Lipinski definition) is 2. The van der Waals surface area contributed by atoms with Crippen LogP contribution in [0.25, 0.3) is 11.3 Å². The zero-order chi connectivity index (χ0) is 25.2. The SMILES string of the molecule is Nc1ncc(-c2nc(N3CCOCC3)nc3c2CCN3C(=O)Nc2cccc(N3CCOCC3)c2)cn1. The minimum absolute atomic E-state index is 0.197. The Hall–Kier alpha value is -4.03. The fourth-order valence-corrected chi connectivity index (χ4v) is 4.84. The molecule has 2 saturated heterocycles. The molecule has 0 aliphatic carbocycles. The molecule has 0 spiro atoms. The van der Waals surface area contributed by atoms with Crippen molar-refractivity contribution >= 4 is 35.1 Å². The lowest BCUT2D eigenvalue weighted by molar-refractivity contribution is 0.122. The summed E-state index contributed by atoms with van der Waals surface area (Å²) in [6.45, 7) is 6.12. The van der Waals surface area contributed by atoms with Crippen LogP contribution in [0.3, 0.4) is 0 Å². The lowest BCUT2D eigenvalue weighted by atomic mass is 10.1. The van der Waals surface area contributed by atoms with E-state index in [4.69, 9.17) is 25.2 Å². The van der Waals surface area contributed by atoms with Crippen molar-refractivity contribution in [2.75, 3.05) is 84.9 Å². The predicted molar refractivity (Wildman–Crippen MR) is 140 cm³/mol. The van der Waals surface area contributed by atoms with Crippen molar-refractivity contribution in [3.05, 3.63) is 42.2 Å². The van der Waals surface area contributed by atoms with E-state index < -0.39 is 0 Å². The number of morpholine rings is 2. The summed E-state index contributed by atoms with van der Waals surface area (Å²) in [4.78, 5) is 37.5. The lowest BCUT2D eigenvalue weighted by Crippen LogP contribution is -2.38. The number of aromatic nitrogens is 4. The highest BCUT2D eigenvalue weighted by atomic mass is 16.5. The van der Waals surface area contributed by atoms with Gasteiger partial charge in [0.25, 0.3) is 0 Å². The Morgan fingerprint density at radius 3 is 2.35 bits per heavy atom. The topological polar surface area (TPSA) is 135 Å². The fraction of sp³-hybridized carbons (Fsp3) is 0.400. The number of nitrogens with zero attached hydrogens (tertiary/aromatic N) is 7. The van der Waals surface area contributed by atoms with E-state index in [0.29, 0.717) is 64.2 Å². The first-order chi connectivity index (χ1) is 18.2. The van der Waals surface area contributed by atoms with E-state index in [1.807, 2.05) is 18.2 Å². The molecule has 3 aromatic rings. The van der Waals surface area contributed by atoms with Gasteiger partial charge in [-0.05, 0) is 24.6 Å². The smallest absolute Gasteiger partial charge is 0.327 e. The predicted octanol–water partition coefficient (Wildman–Crippen LogP) is 1.78. The molecule has 3 N–H and O–H groups in total. The third-order valence-electron chi connectivity index (χ3n) is 6.77. The number of carbonyl (C=O) groups is 1. The summed E-state index contributed by atoms with van der Waals surface area (Å²) in [5.41, 5.74) is 9.85. The molecule has 3 aliphatic heterocycles. The van der Waals surface area contributed by atoms with Gasteiger partial charge in [0.05, 0.1) is 32.1 Å². The monoisotopic (exact) mass is 503 g/mol. The van der Waals surface area contributed by atoms with Crippen LogP contribution in [0.5, 0.6) is 0 Å². The van der Waals surface area contributed by atoms with Crippen molar-refractivity contribution in [3.63, 3.8) is 0 Å². The number of anilines is 5. The zero-order valence-electron chi connectivity index (χ0n) is 20.5. The Balaban J connectivity index is 1.30. The maximum absolute atomic E-state index is 13.5. The number of amides is 2. The van der Waals surface area contributed by atoms with Crippen molar-refractivity contribution in [2.45, 2.75) is 6.42 Å². The molecule has 0 saturated carbocycles. The molecule has 0 radical (unpaired) electrons. The van der Waals surface area contributed by atoms with Crippen LogP contribution >= 0.6 is 0 Å². The van der Waals surface area contributed by atoms with Crippen molar-refractivity contribution in [1.82, 2.24) is 19.9 Å². The first-order valence-electron chi connectivity index (χ1n) is 12.5. The third-order valence-corrected chi connectivity index (χ3v) is 6.77. The zero-order valence-corrected chi connectivity index (χ0v) is 20.5. The van der Waals surface area contributed by atoms with Gasteiger partial charge in [0.1, 0.15) is 5.82 Å². The molecule has 3 aliphatic rings. The number of nitrogens with one attached hydrogen (secondary N) is 1. The van der Waals surface area contributed by atoms with Crippen LogP contribution in [0, 0.1) is 0 Å². The van der Waals surface area contributed by atoms with Crippen molar-refractivity contribution < 1.29 is 14.3 Å². The Kier molecular flexibility index (Phi) is 6.41. The number of rotatable bonds is 4. The van der Waals surface area contributed by atoms with E-state index in [1.54, 1.807) is 17.3 Å². The minimum atomic E-state index is -0.232. The average molecular weight is 504 g/mol. The maximum Gasteiger partial charge on any atom is 0.327 e. The van der Waals surface area contributed by atoms with Crippen LogP contribution in [0.2, 0.25) is 0 Å². The van der Waals surface area contributed by atoms with E-state index in [-0.39, 0.29) is 12.0 Å². The van der Waals surface area contributed by atoms with Gasteiger partial charge in [-0.25, -0.2) is 19.7 Å². The molecule has 6 rings (SSSR count). The molecule has 2 fully saturated rings. The number of nitrogens with two attached hydrogens (primary N) is 1. The van der Waals surface area contributed by atoms with E-state index in [0.717, 1.165) is 41.3 Å². The molecule has 12 heteroatoms. The van der Waals surface area contributed by atoms with E-state index in [1.165, 1.54) is 0 Å². The van der Waals surface area contributed by atoms with Gasteiger partial charge in [-0.15, -0.1) is 0 Å². The molecule has 5 heterocycles. The molecule has 0 bridgehead atoms.